The predicted octanol–water partition coefficient (Wildman–Crippen LogP) is 3.98. The third-order valence-electron chi connectivity index (χ3n) is 5.44. The molecule has 0 spiro atoms. The molecule has 8 heteroatoms. The summed E-state index contributed by atoms with van der Waals surface area (Å²) in [5.74, 6) is 1.61. The van der Waals surface area contributed by atoms with Crippen molar-refractivity contribution in [1.82, 2.24) is 24.8 Å². The van der Waals surface area contributed by atoms with Gasteiger partial charge in [-0.1, -0.05) is 6.07 Å². The van der Waals surface area contributed by atoms with Crippen molar-refractivity contribution in [2.24, 2.45) is 0 Å². The van der Waals surface area contributed by atoms with Gasteiger partial charge in [0.1, 0.15) is 0 Å². The number of oxazole rings is 1. The quantitative estimate of drug-likeness (QED) is 0.667. The van der Waals surface area contributed by atoms with Crippen LogP contribution in [0.3, 0.4) is 0 Å². The number of carbonyl (C=O) groups is 1. The minimum atomic E-state index is -0.0913. The third kappa shape index (κ3) is 4.57. The number of aryl methyl sites for hydroxylation is 2. The summed E-state index contributed by atoms with van der Waals surface area (Å²) in [6.45, 7) is 8.97. The first-order valence-electron chi connectivity index (χ1n) is 10.7. The van der Waals surface area contributed by atoms with Gasteiger partial charge in [0.25, 0.3) is 5.91 Å². The van der Waals surface area contributed by atoms with Gasteiger partial charge in [-0.3, -0.25) is 9.78 Å². The Morgan fingerprint density at radius 1 is 1.16 bits per heavy atom. The van der Waals surface area contributed by atoms with Gasteiger partial charge in [-0.05, 0) is 45.7 Å². The van der Waals surface area contributed by atoms with Crippen molar-refractivity contribution in [3.05, 3.63) is 53.6 Å². The van der Waals surface area contributed by atoms with E-state index >= 15 is 0 Å². The molecule has 0 aromatic carbocycles. The predicted molar refractivity (Wildman–Crippen MR) is 118 cm³/mol. The summed E-state index contributed by atoms with van der Waals surface area (Å²) in [7, 11) is 0. The van der Waals surface area contributed by atoms with Gasteiger partial charge >= 0.3 is 0 Å². The lowest BCUT2D eigenvalue weighted by Crippen LogP contribution is -2.38. The van der Waals surface area contributed by atoms with Crippen LogP contribution >= 0.6 is 0 Å². The Morgan fingerprint density at radius 2 is 1.94 bits per heavy atom. The number of nitrogens with zero attached hydrogens (tertiary/aromatic N) is 5. The zero-order valence-corrected chi connectivity index (χ0v) is 18.4. The summed E-state index contributed by atoms with van der Waals surface area (Å²) in [6, 6.07) is 6.08. The molecule has 4 heterocycles. The smallest absolute Gasteiger partial charge is 0.291 e. The third-order valence-corrected chi connectivity index (χ3v) is 5.44. The van der Waals surface area contributed by atoms with Crippen molar-refractivity contribution >= 4 is 11.9 Å². The highest BCUT2D eigenvalue weighted by atomic mass is 16.4. The molecule has 3 aromatic rings. The van der Waals surface area contributed by atoms with Crippen molar-refractivity contribution in [3.63, 3.8) is 0 Å². The van der Waals surface area contributed by atoms with E-state index in [0.717, 1.165) is 29.8 Å². The van der Waals surface area contributed by atoms with Gasteiger partial charge in [0.05, 0.1) is 17.1 Å². The van der Waals surface area contributed by atoms with E-state index in [0.29, 0.717) is 36.4 Å². The van der Waals surface area contributed by atoms with Crippen LogP contribution < -0.4 is 5.32 Å². The number of piperidine rings is 1. The van der Waals surface area contributed by atoms with E-state index in [1.54, 1.807) is 20.0 Å². The molecule has 0 atom stereocenters. The monoisotopic (exact) mass is 420 g/mol. The van der Waals surface area contributed by atoms with E-state index in [1.807, 2.05) is 29.3 Å². The van der Waals surface area contributed by atoms with Crippen LogP contribution in [0.5, 0.6) is 0 Å². The second-order valence-electron chi connectivity index (χ2n) is 8.22. The SMILES string of the molecule is Cc1nc(C)c(C(=O)N2CCC(c3nc(NC(C)C)ncc3-c3ccccn3)CC2)o1. The van der Waals surface area contributed by atoms with Crippen molar-refractivity contribution in [3.8, 4) is 11.3 Å². The summed E-state index contributed by atoms with van der Waals surface area (Å²) >= 11 is 0. The molecule has 0 radical (unpaired) electrons. The summed E-state index contributed by atoms with van der Waals surface area (Å²) < 4.78 is 5.53. The van der Waals surface area contributed by atoms with Crippen molar-refractivity contribution < 1.29 is 9.21 Å². The molecule has 0 aliphatic carbocycles. The lowest BCUT2D eigenvalue weighted by Gasteiger charge is -2.32. The Balaban J connectivity index is 1.56. The van der Waals surface area contributed by atoms with Crippen LogP contribution in [0.4, 0.5) is 5.95 Å². The number of pyridine rings is 1. The molecule has 0 unspecified atom stereocenters. The maximum absolute atomic E-state index is 12.9. The Labute approximate surface area is 182 Å². The van der Waals surface area contributed by atoms with Crippen LogP contribution in [0.2, 0.25) is 0 Å². The van der Waals surface area contributed by atoms with Crippen LogP contribution in [0.15, 0.2) is 35.0 Å². The highest BCUT2D eigenvalue weighted by Gasteiger charge is 2.30. The van der Waals surface area contributed by atoms with Crippen LogP contribution in [0, 0.1) is 13.8 Å². The number of hydrogen-bond donors (Lipinski definition) is 1. The number of likely N-dealkylation sites (tertiary alicyclic amines) is 1. The van der Waals surface area contributed by atoms with E-state index in [1.165, 1.54) is 0 Å². The van der Waals surface area contributed by atoms with Crippen LogP contribution in [-0.2, 0) is 0 Å². The lowest BCUT2D eigenvalue weighted by molar-refractivity contribution is 0.0677. The van der Waals surface area contributed by atoms with Gasteiger partial charge in [-0.25, -0.2) is 15.0 Å². The fourth-order valence-corrected chi connectivity index (χ4v) is 3.98. The average molecular weight is 421 g/mol. The largest absolute Gasteiger partial charge is 0.436 e. The Kier molecular flexibility index (Phi) is 5.97. The molecular formula is C23H28N6O2. The minimum Gasteiger partial charge on any atom is -0.436 e. The lowest BCUT2D eigenvalue weighted by atomic mass is 9.90. The summed E-state index contributed by atoms with van der Waals surface area (Å²) in [5, 5.41) is 3.29. The average Bonchev–Trinajstić information content (AvgIpc) is 3.11. The van der Waals surface area contributed by atoms with Gasteiger partial charge < -0.3 is 14.6 Å². The van der Waals surface area contributed by atoms with Gasteiger partial charge in [-0.2, -0.15) is 0 Å². The molecule has 4 rings (SSSR count). The first-order chi connectivity index (χ1) is 14.9. The fourth-order valence-electron chi connectivity index (χ4n) is 3.98. The second-order valence-corrected chi connectivity index (χ2v) is 8.22. The first kappa shape index (κ1) is 21.0. The summed E-state index contributed by atoms with van der Waals surface area (Å²) in [6.07, 6.45) is 5.27. The van der Waals surface area contributed by atoms with E-state index in [2.05, 4.69) is 34.1 Å². The molecule has 162 valence electrons. The number of nitrogens with one attached hydrogen (secondary N) is 1. The Hall–Kier alpha value is -3.29. The standard InChI is InChI=1S/C23H28N6O2/c1-14(2)26-23-25-13-18(19-7-5-6-10-24-19)20(28-23)17-8-11-29(12-9-17)22(30)21-15(3)27-16(4)31-21/h5-7,10,13-14,17H,8-9,11-12H2,1-4H3,(H,25,26,28). The van der Waals surface area contributed by atoms with Gasteiger partial charge in [0.2, 0.25) is 11.7 Å². The summed E-state index contributed by atoms with van der Waals surface area (Å²) in [4.78, 5) is 32.8. The number of aromatic nitrogens is 4. The van der Waals surface area contributed by atoms with Crippen molar-refractivity contribution in [2.75, 3.05) is 18.4 Å². The Bertz CT molecular complexity index is 1060. The first-order valence-corrected chi connectivity index (χ1v) is 10.7. The van der Waals surface area contributed by atoms with E-state index < -0.39 is 0 Å². The van der Waals surface area contributed by atoms with Crippen LogP contribution in [0.25, 0.3) is 11.3 Å². The molecule has 1 amide bonds. The maximum Gasteiger partial charge on any atom is 0.291 e. The van der Waals surface area contributed by atoms with Gasteiger partial charge in [0, 0.05) is 49.9 Å². The number of anilines is 1. The van der Waals surface area contributed by atoms with Gasteiger partial charge in [0.15, 0.2) is 5.89 Å². The number of hydrogen-bond acceptors (Lipinski definition) is 7. The summed E-state index contributed by atoms with van der Waals surface area (Å²) in [5.41, 5.74) is 3.43. The molecule has 1 aliphatic heterocycles. The van der Waals surface area contributed by atoms with E-state index in [9.17, 15) is 4.79 Å². The van der Waals surface area contributed by atoms with Crippen molar-refractivity contribution in [1.29, 1.82) is 0 Å². The van der Waals surface area contributed by atoms with Crippen molar-refractivity contribution in [2.45, 2.75) is 52.5 Å². The van der Waals surface area contributed by atoms with E-state index in [-0.39, 0.29) is 17.9 Å². The molecule has 1 saturated heterocycles. The zero-order valence-electron chi connectivity index (χ0n) is 18.4. The minimum absolute atomic E-state index is 0.0913. The molecular weight excluding hydrogens is 392 g/mol. The molecule has 0 saturated carbocycles. The van der Waals surface area contributed by atoms with Crippen LogP contribution in [0.1, 0.15) is 60.4 Å². The second kappa shape index (κ2) is 8.83. The molecule has 1 fully saturated rings. The molecule has 3 aromatic heterocycles. The maximum atomic E-state index is 12.9. The zero-order chi connectivity index (χ0) is 22.0. The molecule has 1 N–H and O–H groups in total. The topological polar surface area (TPSA) is 97.0 Å². The fraction of sp³-hybridized carbons (Fsp3) is 0.435. The molecule has 8 nitrogen and oxygen atoms in total. The molecule has 1 aliphatic rings. The van der Waals surface area contributed by atoms with Gasteiger partial charge in [-0.15, -0.1) is 0 Å². The number of carbonyl (C=O) groups excluding carboxylic acids is 1. The van der Waals surface area contributed by atoms with Crippen LogP contribution in [-0.4, -0.2) is 49.9 Å². The number of rotatable bonds is 5. The molecule has 0 bridgehead atoms. The highest BCUT2D eigenvalue weighted by Crippen LogP contribution is 2.34. The molecule has 31 heavy (non-hydrogen) atoms. The number of amides is 1. The Morgan fingerprint density at radius 3 is 2.55 bits per heavy atom. The highest BCUT2D eigenvalue weighted by molar-refractivity contribution is 5.92. The normalized spacial score (nSPS) is 14.8. The van der Waals surface area contributed by atoms with E-state index in [4.69, 9.17) is 9.40 Å².